The molecule has 0 fully saturated rings. The van der Waals surface area contributed by atoms with Crippen LogP contribution in [0.5, 0.6) is 0 Å². The summed E-state index contributed by atoms with van der Waals surface area (Å²) in [5.41, 5.74) is 5.81. The average Bonchev–Trinajstić information content (AvgIpc) is 3.19. The number of hydrogen-bond donors (Lipinski definition) is 0. The normalized spacial score (nSPS) is 21.7. The summed E-state index contributed by atoms with van der Waals surface area (Å²) in [6.45, 7) is 7.52. The molecule has 2 aromatic rings. The SMILES string of the molecule is C=CC(=O)OC1(c2cccc3c2Cc2ccccc2-3)C(OC)=C(OC)C(C)=C(C)C1OC. The number of ether oxygens (including phenoxy) is 4. The summed E-state index contributed by atoms with van der Waals surface area (Å²) in [4.78, 5) is 12.8. The van der Waals surface area contributed by atoms with E-state index in [1.807, 2.05) is 38.1 Å². The van der Waals surface area contributed by atoms with E-state index in [9.17, 15) is 4.79 Å². The van der Waals surface area contributed by atoms with Crippen molar-refractivity contribution in [2.75, 3.05) is 21.3 Å². The lowest BCUT2D eigenvalue weighted by Gasteiger charge is -2.45. The van der Waals surface area contributed by atoms with E-state index in [1.54, 1.807) is 21.3 Å². The Balaban J connectivity index is 2.08. The van der Waals surface area contributed by atoms with Gasteiger partial charge in [-0.05, 0) is 53.7 Å². The lowest BCUT2D eigenvalue weighted by Crippen LogP contribution is -2.50. The van der Waals surface area contributed by atoms with Gasteiger partial charge in [-0.25, -0.2) is 4.79 Å². The molecule has 0 heterocycles. The van der Waals surface area contributed by atoms with Crippen molar-refractivity contribution in [2.24, 2.45) is 0 Å². The topological polar surface area (TPSA) is 54.0 Å². The molecule has 0 N–H and O–H groups in total. The number of methoxy groups -OCH3 is 3. The molecule has 5 heteroatoms. The maximum Gasteiger partial charge on any atom is 0.331 e. The van der Waals surface area contributed by atoms with Crippen molar-refractivity contribution in [3.63, 3.8) is 0 Å². The molecule has 4 rings (SSSR count). The number of allylic oxidation sites excluding steroid dienone is 1. The van der Waals surface area contributed by atoms with Crippen LogP contribution < -0.4 is 0 Å². The molecule has 2 aliphatic carbocycles. The van der Waals surface area contributed by atoms with Crippen molar-refractivity contribution >= 4 is 5.97 Å². The minimum atomic E-state index is -1.38. The van der Waals surface area contributed by atoms with Gasteiger partial charge in [-0.3, -0.25) is 0 Å². The van der Waals surface area contributed by atoms with Crippen LogP contribution in [0.2, 0.25) is 0 Å². The van der Waals surface area contributed by atoms with Gasteiger partial charge in [0.1, 0.15) is 6.10 Å². The smallest absolute Gasteiger partial charge is 0.331 e. The molecule has 2 aliphatic rings. The Labute approximate surface area is 188 Å². The van der Waals surface area contributed by atoms with Gasteiger partial charge in [-0.15, -0.1) is 0 Å². The van der Waals surface area contributed by atoms with Crippen molar-refractivity contribution in [3.8, 4) is 11.1 Å². The van der Waals surface area contributed by atoms with E-state index >= 15 is 0 Å². The highest BCUT2D eigenvalue weighted by Gasteiger charge is 2.56. The molecule has 2 unspecified atom stereocenters. The summed E-state index contributed by atoms with van der Waals surface area (Å²) in [6, 6.07) is 14.4. The molecular weight excluding hydrogens is 404 g/mol. The molecule has 0 radical (unpaired) electrons. The zero-order chi connectivity index (χ0) is 23.0. The summed E-state index contributed by atoms with van der Waals surface area (Å²) >= 11 is 0. The first-order valence-electron chi connectivity index (χ1n) is 10.5. The highest BCUT2D eigenvalue weighted by molar-refractivity contribution is 5.83. The van der Waals surface area contributed by atoms with Gasteiger partial charge < -0.3 is 18.9 Å². The number of carbonyl (C=O) groups excluding carboxylic acids is 1. The van der Waals surface area contributed by atoms with Crippen LogP contribution in [-0.2, 0) is 35.8 Å². The molecule has 0 amide bonds. The first-order valence-corrected chi connectivity index (χ1v) is 10.5. The standard InChI is InChI=1S/C27H28O5/c1-7-23(28)32-27(25(30-5)17(3)16(2)24(29-4)26(27)31-6)22-14-10-13-20-19-12-9-8-11-18(19)15-21(20)22/h7-14,25H,1,15H2,2-6H3. The number of hydrogen-bond acceptors (Lipinski definition) is 5. The molecule has 0 saturated carbocycles. The minimum absolute atomic E-state index is 0.398. The largest absolute Gasteiger partial charge is 0.493 e. The van der Waals surface area contributed by atoms with Gasteiger partial charge in [-0.1, -0.05) is 49.0 Å². The van der Waals surface area contributed by atoms with Crippen LogP contribution in [0.15, 0.2) is 77.8 Å². The molecule has 166 valence electrons. The van der Waals surface area contributed by atoms with E-state index in [2.05, 4.69) is 24.8 Å². The van der Waals surface area contributed by atoms with Gasteiger partial charge in [0.2, 0.25) is 5.60 Å². The van der Waals surface area contributed by atoms with Crippen LogP contribution in [0.4, 0.5) is 0 Å². The molecule has 0 spiro atoms. The van der Waals surface area contributed by atoms with E-state index < -0.39 is 17.7 Å². The van der Waals surface area contributed by atoms with Crippen molar-refractivity contribution < 1.29 is 23.7 Å². The third kappa shape index (κ3) is 3.00. The highest BCUT2D eigenvalue weighted by Crippen LogP contribution is 2.52. The second-order valence-electron chi connectivity index (χ2n) is 8.02. The van der Waals surface area contributed by atoms with Crippen LogP contribution in [0, 0.1) is 0 Å². The zero-order valence-electron chi connectivity index (χ0n) is 19.2. The van der Waals surface area contributed by atoms with Crippen LogP contribution in [0.1, 0.15) is 30.5 Å². The Kier molecular flexibility index (Phi) is 5.70. The fourth-order valence-electron chi connectivity index (χ4n) is 5.10. The molecule has 2 atom stereocenters. The number of esters is 1. The lowest BCUT2D eigenvalue weighted by atomic mass is 9.74. The van der Waals surface area contributed by atoms with Gasteiger partial charge in [0, 0.05) is 18.7 Å². The van der Waals surface area contributed by atoms with Gasteiger partial charge in [0.05, 0.1) is 14.2 Å². The molecule has 0 aromatic heterocycles. The third-order valence-corrected chi connectivity index (χ3v) is 6.56. The number of benzene rings is 2. The van der Waals surface area contributed by atoms with Crippen molar-refractivity contribution in [2.45, 2.75) is 32.0 Å². The minimum Gasteiger partial charge on any atom is -0.493 e. The van der Waals surface area contributed by atoms with E-state index in [1.165, 1.54) is 11.1 Å². The Bertz CT molecular complexity index is 1160. The van der Waals surface area contributed by atoms with Crippen molar-refractivity contribution in [1.82, 2.24) is 0 Å². The average molecular weight is 433 g/mol. The van der Waals surface area contributed by atoms with Crippen molar-refractivity contribution in [3.05, 3.63) is 94.5 Å². The van der Waals surface area contributed by atoms with Gasteiger partial charge in [0.15, 0.2) is 11.5 Å². The second-order valence-corrected chi connectivity index (χ2v) is 8.02. The number of carbonyl (C=O) groups is 1. The molecule has 5 nitrogen and oxygen atoms in total. The Hall–Kier alpha value is -3.31. The van der Waals surface area contributed by atoms with Crippen LogP contribution in [0.3, 0.4) is 0 Å². The fraction of sp³-hybridized carbons (Fsp3) is 0.296. The summed E-state index contributed by atoms with van der Waals surface area (Å²) in [7, 11) is 4.76. The molecule has 2 aromatic carbocycles. The van der Waals surface area contributed by atoms with E-state index in [-0.39, 0.29) is 0 Å². The van der Waals surface area contributed by atoms with Gasteiger partial charge in [-0.2, -0.15) is 0 Å². The predicted molar refractivity (Wildman–Crippen MR) is 123 cm³/mol. The maximum absolute atomic E-state index is 12.8. The van der Waals surface area contributed by atoms with E-state index in [4.69, 9.17) is 18.9 Å². The quantitative estimate of drug-likeness (QED) is 0.403. The summed E-state index contributed by atoms with van der Waals surface area (Å²) in [5, 5.41) is 0. The van der Waals surface area contributed by atoms with Gasteiger partial charge in [0.25, 0.3) is 0 Å². The summed E-state index contributed by atoms with van der Waals surface area (Å²) in [5.74, 6) is 0.357. The second kappa shape index (κ2) is 8.32. The summed E-state index contributed by atoms with van der Waals surface area (Å²) in [6.07, 6.45) is 1.26. The van der Waals surface area contributed by atoms with Gasteiger partial charge >= 0.3 is 5.97 Å². The predicted octanol–water partition coefficient (Wildman–Crippen LogP) is 5.05. The monoisotopic (exact) mass is 432 g/mol. The first kappa shape index (κ1) is 21.9. The molecule has 32 heavy (non-hydrogen) atoms. The molecule has 0 saturated heterocycles. The summed E-state index contributed by atoms with van der Waals surface area (Å²) < 4.78 is 23.9. The number of rotatable bonds is 6. The first-order chi connectivity index (χ1) is 15.4. The van der Waals surface area contributed by atoms with Crippen molar-refractivity contribution in [1.29, 1.82) is 0 Å². The molecular formula is C27H28O5. The Morgan fingerprint density at radius 3 is 2.41 bits per heavy atom. The van der Waals surface area contributed by atoms with Crippen LogP contribution in [0.25, 0.3) is 11.1 Å². The fourth-order valence-corrected chi connectivity index (χ4v) is 5.10. The van der Waals surface area contributed by atoms with Crippen LogP contribution >= 0.6 is 0 Å². The van der Waals surface area contributed by atoms with Crippen LogP contribution in [-0.4, -0.2) is 33.4 Å². The number of fused-ring (bicyclic) bond motifs is 3. The maximum atomic E-state index is 12.8. The van der Waals surface area contributed by atoms with E-state index in [0.29, 0.717) is 17.9 Å². The Morgan fingerprint density at radius 1 is 1.03 bits per heavy atom. The lowest BCUT2D eigenvalue weighted by molar-refractivity contribution is -0.170. The zero-order valence-corrected chi connectivity index (χ0v) is 19.2. The molecule has 0 aliphatic heterocycles. The van der Waals surface area contributed by atoms with E-state index in [0.717, 1.165) is 33.9 Å². The third-order valence-electron chi connectivity index (χ3n) is 6.56. The molecule has 0 bridgehead atoms. The Morgan fingerprint density at radius 2 is 1.75 bits per heavy atom. The highest BCUT2D eigenvalue weighted by atomic mass is 16.6.